The summed E-state index contributed by atoms with van der Waals surface area (Å²) in [5.74, 6) is 0.725. The maximum absolute atomic E-state index is 3.85. The standard InChI is InChI=1S/C7H12N2/c1-6(2)3-7-4-8-9-5-7/h4-6H,3H2,1-2H3,(H,8,9). The highest BCUT2D eigenvalue weighted by Crippen LogP contribution is 2.03. The number of hydrogen-bond acceptors (Lipinski definition) is 1. The quantitative estimate of drug-likeness (QED) is 0.637. The summed E-state index contributed by atoms with van der Waals surface area (Å²) in [6, 6.07) is 0. The lowest BCUT2D eigenvalue weighted by molar-refractivity contribution is 0.647. The van der Waals surface area contributed by atoms with E-state index in [2.05, 4.69) is 24.0 Å². The minimum atomic E-state index is 0.725. The second-order valence-corrected chi connectivity index (χ2v) is 2.70. The summed E-state index contributed by atoms with van der Waals surface area (Å²) < 4.78 is 0. The van der Waals surface area contributed by atoms with Crippen molar-refractivity contribution in [3.63, 3.8) is 0 Å². The van der Waals surface area contributed by atoms with Gasteiger partial charge in [0.15, 0.2) is 0 Å². The van der Waals surface area contributed by atoms with E-state index in [1.807, 2.05) is 12.4 Å². The highest BCUT2D eigenvalue weighted by atomic mass is 15.1. The number of hydrogen-bond donors (Lipinski definition) is 1. The zero-order valence-corrected chi connectivity index (χ0v) is 5.89. The molecule has 0 radical (unpaired) electrons. The lowest BCUT2D eigenvalue weighted by atomic mass is 10.1. The van der Waals surface area contributed by atoms with Gasteiger partial charge in [-0.2, -0.15) is 5.10 Å². The average molecular weight is 124 g/mol. The van der Waals surface area contributed by atoms with Crippen LogP contribution in [0.1, 0.15) is 19.4 Å². The van der Waals surface area contributed by atoms with E-state index in [9.17, 15) is 0 Å². The van der Waals surface area contributed by atoms with E-state index < -0.39 is 0 Å². The van der Waals surface area contributed by atoms with Gasteiger partial charge >= 0.3 is 0 Å². The molecule has 1 N–H and O–H groups in total. The summed E-state index contributed by atoms with van der Waals surface area (Å²) in [4.78, 5) is 0. The zero-order chi connectivity index (χ0) is 6.69. The molecule has 0 atom stereocenters. The number of rotatable bonds is 2. The first kappa shape index (κ1) is 6.33. The molecule has 0 fully saturated rings. The molecule has 50 valence electrons. The molecule has 0 saturated carbocycles. The van der Waals surface area contributed by atoms with Crippen molar-refractivity contribution < 1.29 is 0 Å². The second-order valence-electron chi connectivity index (χ2n) is 2.70. The lowest BCUT2D eigenvalue weighted by Crippen LogP contribution is -1.90. The van der Waals surface area contributed by atoms with Crippen LogP contribution in [-0.2, 0) is 6.42 Å². The van der Waals surface area contributed by atoms with E-state index in [1.165, 1.54) is 5.56 Å². The van der Waals surface area contributed by atoms with Gasteiger partial charge in [-0.05, 0) is 17.9 Å². The van der Waals surface area contributed by atoms with Crippen molar-refractivity contribution in [2.24, 2.45) is 5.92 Å². The molecule has 1 heterocycles. The summed E-state index contributed by atoms with van der Waals surface area (Å²) in [5.41, 5.74) is 1.30. The van der Waals surface area contributed by atoms with Gasteiger partial charge in [-0.15, -0.1) is 0 Å². The Hall–Kier alpha value is -0.790. The summed E-state index contributed by atoms with van der Waals surface area (Å²) >= 11 is 0. The van der Waals surface area contributed by atoms with Gasteiger partial charge in [0, 0.05) is 6.20 Å². The van der Waals surface area contributed by atoms with Crippen molar-refractivity contribution in [1.82, 2.24) is 10.2 Å². The Balaban J connectivity index is 2.48. The largest absolute Gasteiger partial charge is 0.285 e. The molecule has 9 heavy (non-hydrogen) atoms. The second kappa shape index (κ2) is 2.67. The Kier molecular flexibility index (Phi) is 1.88. The molecule has 0 unspecified atom stereocenters. The third kappa shape index (κ3) is 1.88. The molecule has 0 amide bonds. The van der Waals surface area contributed by atoms with Crippen molar-refractivity contribution in [3.8, 4) is 0 Å². The Morgan fingerprint density at radius 3 is 2.89 bits per heavy atom. The van der Waals surface area contributed by atoms with E-state index >= 15 is 0 Å². The summed E-state index contributed by atoms with van der Waals surface area (Å²) in [6.07, 6.45) is 4.94. The maximum Gasteiger partial charge on any atom is 0.0519 e. The van der Waals surface area contributed by atoms with Gasteiger partial charge in [0.25, 0.3) is 0 Å². The van der Waals surface area contributed by atoms with Crippen LogP contribution in [0.5, 0.6) is 0 Å². The molecule has 1 aromatic heterocycles. The first-order valence-corrected chi connectivity index (χ1v) is 3.26. The Bertz CT molecular complexity index is 153. The number of nitrogens with zero attached hydrogens (tertiary/aromatic N) is 1. The lowest BCUT2D eigenvalue weighted by Gasteiger charge is -1.98. The number of H-pyrrole nitrogens is 1. The predicted molar refractivity (Wildman–Crippen MR) is 37.1 cm³/mol. The van der Waals surface area contributed by atoms with Crippen molar-refractivity contribution in [2.45, 2.75) is 20.3 Å². The van der Waals surface area contributed by atoms with Crippen molar-refractivity contribution >= 4 is 0 Å². The van der Waals surface area contributed by atoms with E-state index in [0.29, 0.717) is 0 Å². The number of aromatic amines is 1. The smallest absolute Gasteiger partial charge is 0.0519 e. The van der Waals surface area contributed by atoms with Crippen LogP contribution in [0.2, 0.25) is 0 Å². The van der Waals surface area contributed by atoms with Crippen molar-refractivity contribution in [3.05, 3.63) is 18.0 Å². The monoisotopic (exact) mass is 124 g/mol. The average Bonchev–Trinajstić information content (AvgIpc) is 2.15. The molecule has 0 bridgehead atoms. The van der Waals surface area contributed by atoms with Gasteiger partial charge in [-0.3, -0.25) is 5.10 Å². The summed E-state index contributed by atoms with van der Waals surface area (Å²) in [6.45, 7) is 4.40. The Morgan fingerprint density at radius 1 is 1.67 bits per heavy atom. The van der Waals surface area contributed by atoms with Gasteiger partial charge in [0.2, 0.25) is 0 Å². The molecule has 0 aliphatic heterocycles. The molecule has 0 spiro atoms. The van der Waals surface area contributed by atoms with Crippen LogP contribution in [-0.4, -0.2) is 10.2 Å². The third-order valence-electron chi connectivity index (χ3n) is 1.20. The molecule has 0 aliphatic carbocycles. The molecule has 0 aliphatic rings. The maximum atomic E-state index is 3.85. The molecule has 0 saturated heterocycles. The predicted octanol–water partition coefficient (Wildman–Crippen LogP) is 1.61. The minimum absolute atomic E-state index is 0.725. The zero-order valence-electron chi connectivity index (χ0n) is 5.89. The van der Waals surface area contributed by atoms with Gasteiger partial charge in [-0.25, -0.2) is 0 Å². The van der Waals surface area contributed by atoms with Gasteiger partial charge in [0.05, 0.1) is 6.20 Å². The highest BCUT2D eigenvalue weighted by molar-refractivity contribution is 5.02. The van der Waals surface area contributed by atoms with E-state index in [1.54, 1.807) is 0 Å². The van der Waals surface area contributed by atoms with Crippen LogP contribution in [0.4, 0.5) is 0 Å². The fourth-order valence-corrected chi connectivity index (χ4v) is 0.861. The Morgan fingerprint density at radius 2 is 2.44 bits per heavy atom. The van der Waals surface area contributed by atoms with Crippen molar-refractivity contribution in [2.75, 3.05) is 0 Å². The van der Waals surface area contributed by atoms with E-state index in [4.69, 9.17) is 0 Å². The SMILES string of the molecule is CC(C)Cc1cn[nH]c1. The van der Waals surface area contributed by atoms with E-state index in [0.717, 1.165) is 12.3 Å². The van der Waals surface area contributed by atoms with E-state index in [-0.39, 0.29) is 0 Å². The first-order valence-electron chi connectivity index (χ1n) is 3.26. The summed E-state index contributed by atoms with van der Waals surface area (Å²) in [5, 5.41) is 6.64. The molecular formula is C7H12N2. The van der Waals surface area contributed by atoms with Crippen LogP contribution in [0.25, 0.3) is 0 Å². The van der Waals surface area contributed by atoms with Crippen LogP contribution in [0.3, 0.4) is 0 Å². The Labute approximate surface area is 55.3 Å². The molecule has 2 nitrogen and oxygen atoms in total. The molecular weight excluding hydrogens is 112 g/mol. The van der Waals surface area contributed by atoms with Crippen LogP contribution >= 0.6 is 0 Å². The van der Waals surface area contributed by atoms with Gasteiger partial charge in [0.1, 0.15) is 0 Å². The fraction of sp³-hybridized carbons (Fsp3) is 0.571. The molecule has 1 rings (SSSR count). The van der Waals surface area contributed by atoms with Gasteiger partial charge < -0.3 is 0 Å². The first-order chi connectivity index (χ1) is 4.29. The van der Waals surface area contributed by atoms with Crippen LogP contribution in [0, 0.1) is 5.92 Å². The molecule has 2 heteroatoms. The third-order valence-corrected chi connectivity index (χ3v) is 1.20. The molecule has 1 aromatic rings. The number of aromatic nitrogens is 2. The topological polar surface area (TPSA) is 28.7 Å². The molecule has 0 aromatic carbocycles. The minimum Gasteiger partial charge on any atom is -0.285 e. The fourth-order valence-electron chi connectivity index (χ4n) is 0.861. The normalized spacial score (nSPS) is 10.6. The summed E-state index contributed by atoms with van der Waals surface area (Å²) in [7, 11) is 0. The number of nitrogens with one attached hydrogen (secondary N) is 1. The highest BCUT2D eigenvalue weighted by Gasteiger charge is 1.96. The van der Waals surface area contributed by atoms with Crippen molar-refractivity contribution in [1.29, 1.82) is 0 Å². The van der Waals surface area contributed by atoms with Gasteiger partial charge in [-0.1, -0.05) is 13.8 Å². The van der Waals surface area contributed by atoms with Crippen LogP contribution < -0.4 is 0 Å². The van der Waals surface area contributed by atoms with Crippen LogP contribution in [0.15, 0.2) is 12.4 Å².